The average Bonchev–Trinajstić information content (AvgIpc) is 3.02. The first-order chi connectivity index (χ1) is 14.1. The third-order valence-electron chi connectivity index (χ3n) is 5.93. The summed E-state index contributed by atoms with van der Waals surface area (Å²) >= 11 is 0. The standard InChI is InChI=1S/C22H24N4O2S/c27-29(28)21-8-4-2-6-19(21)17-26(29)16-13-24-11-14-25(15-12-24)22-20-7-3-1-5-18(20)9-10-23-22/h1-10H,11-17H2. The molecule has 0 atom stereocenters. The molecule has 1 saturated heterocycles. The summed E-state index contributed by atoms with van der Waals surface area (Å²) in [5.74, 6) is 1.04. The van der Waals surface area contributed by atoms with Gasteiger partial charge in [0.05, 0.1) is 4.90 Å². The summed E-state index contributed by atoms with van der Waals surface area (Å²) in [5, 5.41) is 2.39. The summed E-state index contributed by atoms with van der Waals surface area (Å²) < 4.78 is 27.0. The number of anilines is 1. The van der Waals surface area contributed by atoms with Crippen LogP contribution < -0.4 is 4.90 Å². The van der Waals surface area contributed by atoms with E-state index in [4.69, 9.17) is 0 Å². The zero-order chi connectivity index (χ0) is 19.8. The molecule has 2 aliphatic rings. The predicted molar refractivity (Wildman–Crippen MR) is 114 cm³/mol. The summed E-state index contributed by atoms with van der Waals surface area (Å²) in [6.45, 7) is 5.38. The van der Waals surface area contributed by atoms with Crippen molar-refractivity contribution in [3.05, 3.63) is 66.4 Å². The molecule has 0 aliphatic carbocycles. The molecule has 2 aromatic carbocycles. The molecule has 3 aromatic rings. The van der Waals surface area contributed by atoms with Gasteiger partial charge < -0.3 is 4.90 Å². The average molecular weight is 409 g/mol. The van der Waals surface area contributed by atoms with Crippen molar-refractivity contribution < 1.29 is 8.42 Å². The Morgan fingerprint density at radius 3 is 2.45 bits per heavy atom. The summed E-state index contributed by atoms with van der Waals surface area (Å²) in [5.41, 5.74) is 0.902. The Morgan fingerprint density at radius 2 is 1.62 bits per heavy atom. The smallest absolute Gasteiger partial charge is 0.243 e. The third-order valence-corrected chi connectivity index (χ3v) is 7.87. The molecule has 29 heavy (non-hydrogen) atoms. The largest absolute Gasteiger partial charge is 0.354 e. The molecule has 0 spiro atoms. The Bertz CT molecular complexity index is 1140. The highest BCUT2D eigenvalue weighted by Gasteiger charge is 2.34. The van der Waals surface area contributed by atoms with E-state index in [9.17, 15) is 8.42 Å². The number of rotatable bonds is 4. The highest BCUT2D eigenvalue weighted by Crippen LogP contribution is 2.30. The molecule has 6 nitrogen and oxygen atoms in total. The second kappa shape index (κ2) is 7.40. The van der Waals surface area contributed by atoms with Gasteiger partial charge in [0.1, 0.15) is 5.82 Å². The zero-order valence-corrected chi connectivity index (χ0v) is 17.1. The summed E-state index contributed by atoms with van der Waals surface area (Å²) in [6.07, 6.45) is 1.87. The van der Waals surface area contributed by atoms with Crippen molar-refractivity contribution >= 4 is 26.6 Å². The van der Waals surface area contributed by atoms with Gasteiger partial charge in [0, 0.05) is 57.4 Å². The Morgan fingerprint density at radius 1 is 0.862 bits per heavy atom. The van der Waals surface area contributed by atoms with Gasteiger partial charge in [-0.15, -0.1) is 0 Å². The normalized spacial score (nSPS) is 19.5. The van der Waals surface area contributed by atoms with E-state index in [2.05, 4.69) is 39.0 Å². The molecule has 2 aliphatic heterocycles. The first-order valence-electron chi connectivity index (χ1n) is 10.0. The van der Waals surface area contributed by atoms with Crippen molar-refractivity contribution in [3.63, 3.8) is 0 Å². The van der Waals surface area contributed by atoms with Crippen LogP contribution in [0.4, 0.5) is 5.82 Å². The van der Waals surface area contributed by atoms with Crippen LogP contribution in [0.3, 0.4) is 0 Å². The van der Waals surface area contributed by atoms with Gasteiger partial charge in [0.25, 0.3) is 0 Å². The Balaban J connectivity index is 1.21. The van der Waals surface area contributed by atoms with Crippen molar-refractivity contribution in [1.82, 2.24) is 14.2 Å². The van der Waals surface area contributed by atoms with Gasteiger partial charge in [-0.2, -0.15) is 4.31 Å². The molecule has 0 amide bonds. The maximum absolute atomic E-state index is 12.7. The summed E-state index contributed by atoms with van der Waals surface area (Å²) in [6, 6.07) is 17.7. The predicted octanol–water partition coefficient (Wildman–Crippen LogP) is 2.56. The zero-order valence-electron chi connectivity index (χ0n) is 16.2. The van der Waals surface area contributed by atoms with Crippen LogP contribution in [-0.2, 0) is 16.6 Å². The lowest BCUT2D eigenvalue weighted by Crippen LogP contribution is -2.48. The van der Waals surface area contributed by atoms with Crippen molar-refractivity contribution in [2.75, 3.05) is 44.2 Å². The fourth-order valence-corrected chi connectivity index (χ4v) is 5.92. The lowest BCUT2D eigenvalue weighted by Gasteiger charge is -2.36. The van der Waals surface area contributed by atoms with Crippen molar-refractivity contribution in [2.45, 2.75) is 11.4 Å². The molecule has 7 heteroatoms. The van der Waals surface area contributed by atoms with Crippen molar-refractivity contribution in [3.8, 4) is 0 Å². The molecule has 3 heterocycles. The van der Waals surface area contributed by atoms with E-state index in [1.165, 1.54) is 10.8 Å². The molecular formula is C22H24N4O2S. The van der Waals surface area contributed by atoms with Crippen LogP contribution in [0.15, 0.2) is 65.7 Å². The minimum atomic E-state index is -3.34. The Kier molecular flexibility index (Phi) is 4.73. The van der Waals surface area contributed by atoms with E-state index in [-0.39, 0.29) is 0 Å². The molecule has 150 valence electrons. The Hall–Kier alpha value is -2.48. The second-order valence-electron chi connectivity index (χ2n) is 7.63. The Labute approximate surface area is 171 Å². The van der Waals surface area contributed by atoms with Gasteiger partial charge >= 0.3 is 0 Å². The van der Waals surface area contributed by atoms with E-state index in [0.717, 1.165) is 44.1 Å². The van der Waals surface area contributed by atoms with Gasteiger partial charge in [0.2, 0.25) is 10.0 Å². The van der Waals surface area contributed by atoms with Crippen molar-refractivity contribution in [2.24, 2.45) is 0 Å². The molecule has 1 fully saturated rings. The van der Waals surface area contributed by atoms with Crippen LogP contribution in [0, 0.1) is 0 Å². The number of hydrogen-bond donors (Lipinski definition) is 0. The van der Waals surface area contributed by atoms with Crippen LogP contribution >= 0.6 is 0 Å². The summed E-state index contributed by atoms with van der Waals surface area (Å²) in [4.78, 5) is 9.77. The fourth-order valence-electron chi connectivity index (χ4n) is 4.29. The molecule has 5 rings (SSSR count). The van der Waals surface area contributed by atoms with Crippen LogP contribution in [0.2, 0.25) is 0 Å². The van der Waals surface area contributed by atoms with E-state index in [1.807, 2.05) is 24.4 Å². The number of sulfonamides is 1. The topological polar surface area (TPSA) is 56.8 Å². The van der Waals surface area contributed by atoms with Crippen molar-refractivity contribution in [1.29, 1.82) is 0 Å². The molecule has 0 radical (unpaired) electrons. The molecule has 0 N–H and O–H groups in total. The molecule has 0 bridgehead atoms. The van der Waals surface area contributed by atoms with E-state index in [0.29, 0.717) is 18.0 Å². The number of fused-ring (bicyclic) bond motifs is 2. The van der Waals surface area contributed by atoms with E-state index >= 15 is 0 Å². The lowest BCUT2D eigenvalue weighted by atomic mass is 10.1. The highest BCUT2D eigenvalue weighted by molar-refractivity contribution is 7.89. The maximum Gasteiger partial charge on any atom is 0.243 e. The number of nitrogens with zero attached hydrogens (tertiary/aromatic N) is 4. The number of piperazine rings is 1. The van der Waals surface area contributed by atoms with E-state index in [1.54, 1.807) is 16.4 Å². The highest BCUT2D eigenvalue weighted by atomic mass is 32.2. The third kappa shape index (κ3) is 3.39. The maximum atomic E-state index is 12.7. The molecular weight excluding hydrogens is 384 g/mol. The van der Waals surface area contributed by atoms with Gasteiger partial charge in [0.15, 0.2) is 0 Å². The first kappa shape index (κ1) is 18.5. The number of benzene rings is 2. The molecule has 0 unspecified atom stereocenters. The van der Waals surface area contributed by atoms with Gasteiger partial charge in [-0.05, 0) is 23.1 Å². The van der Waals surface area contributed by atoms with Crippen LogP contribution in [0.25, 0.3) is 10.8 Å². The van der Waals surface area contributed by atoms with E-state index < -0.39 is 10.0 Å². The first-order valence-corrected chi connectivity index (χ1v) is 11.5. The SMILES string of the molecule is O=S1(=O)c2ccccc2CN1CCN1CCN(c2nccc3ccccc23)CC1. The van der Waals surface area contributed by atoms with Crippen LogP contribution in [-0.4, -0.2) is 61.9 Å². The monoisotopic (exact) mass is 408 g/mol. The van der Waals surface area contributed by atoms with Crippen LogP contribution in [0.5, 0.6) is 0 Å². The molecule has 0 saturated carbocycles. The number of aromatic nitrogens is 1. The van der Waals surface area contributed by atoms with Gasteiger partial charge in [-0.3, -0.25) is 4.90 Å². The van der Waals surface area contributed by atoms with Crippen LogP contribution in [0.1, 0.15) is 5.56 Å². The second-order valence-corrected chi connectivity index (χ2v) is 9.54. The number of pyridine rings is 1. The quantitative estimate of drug-likeness (QED) is 0.664. The lowest BCUT2D eigenvalue weighted by molar-refractivity contribution is 0.237. The fraction of sp³-hybridized carbons (Fsp3) is 0.318. The van der Waals surface area contributed by atoms with Gasteiger partial charge in [-0.1, -0.05) is 42.5 Å². The minimum absolute atomic E-state index is 0.465. The van der Waals surface area contributed by atoms with Gasteiger partial charge in [-0.25, -0.2) is 13.4 Å². The minimum Gasteiger partial charge on any atom is -0.354 e. The summed E-state index contributed by atoms with van der Waals surface area (Å²) in [7, 11) is -3.34. The number of hydrogen-bond acceptors (Lipinski definition) is 5. The molecule has 1 aromatic heterocycles.